The van der Waals surface area contributed by atoms with Gasteiger partial charge in [-0.1, -0.05) is 0 Å². The summed E-state index contributed by atoms with van der Waals surface area (Å²) in [5.74, 6) is -2.45. The Hall–Kier alpha value is -0.280. The van der Waals surface area contributed by atoms with Crippen LogP contribution < -0.4 is 0 Å². The molecule has 1 aliphatic heterocycles. The molecule has 0 saturated carbocycles. The lowest BCUT2D eigenvalue weighted by atomic mass is 9.96. The smallest absolute Gasteiger partial charge is 0.221 e. The van der Waals surface area contributed by atoms with E-state index >= 15 is 0 Å². The molecule has 0 aliphatic carbocycles. The summed E-state index contributed by atoms with van der Waals surface area (Å²) in [6.45, 7) is -1.00. The third-order valence-electron chi connectivity index (χ3n) is 1.98. The van der Waals surface area contributed by atoms with E-state index in [0.717, 1.165) is 0 Å². The van der Waals surface area contributed by atoms with Gasteiger partial charge in [0.2, 0.25) is 5.79 Å². The van der Waals surface area contributed by atoms with Gasteiger partial charge in [-0.05, 0) is 0 Å². The summed E-state index contributed by atoms with van der Waals surface area (Å²) in [6, 6.07) is 0. The van der Waals surface area contributed by atoms with E-state index in [9.17, 15) is 5.11 Å². The van der Waals surface area contributed by atoms with Crippen molar-refractivity contribution in [3.8, 4) is 0 Å². The lowest BCUT2D eigenvalue weighted by molar-refractivity contribution is -0.390. The quantitative estimate of drug-likeness (QED) is 0.253. The number of hydrogen-bond donors (Lipinski definition) is 6. The van der Waals surface area contributed by atoms with Crippen molar-refractivity contribution in [3.63, 3.8) is 0 Å². The summed E-state index contributed by atoms with van der Waals surface area (Å²) in [5, 5.41) is 53.9. The zero-order valence-electron chi connectivity index (χ0n) is 6.61. The highest BCUT2D eigenvalue weighted by molar-refractivity contribution is 4.92. The Bertz CT molecular complexity index is 186. The summed E-state index contributed by atoms with van der Waals surface area (Å²) in [5.41, 5.74) is 0. The molecule has 6 N–H and O–H groups in total. The standard InChI is InChI=1S/C6H12O7/c7-1-6(12)4(10)2(8)3(9)5(11)13-6/h2-5,7-12H,1H2/t2-,3-,4+,5-,6+/m1/s1. The van der Waals surface area contributed by atoms with Crippen molar-refractivity contribution >= 4 is 0 Å². The van der Waals surface area contributed by atoms with E-state index in [1.807, 2.05) is 0 Å². The number of aliphatic hydroxyl groups excluding tert-OH is 5. The minimum absolute atomic E-state index is 1.00. The van der Waals surface area contributed by atoms with Gasteiger partial charge in [0.25, 0.3) is 0 Å². The minimum atomic E-state index is -2.45. The Kier molecular flexibility index (Phi) is 2.88. The summed E-state index contributed by atoms with van der Waals surface area (Å²) >= 11 is 0. The van der Waals surface area contributed by atoms with Crippen LogP contribution in [0.15, 0.2) is 0 Å². The maximum atomic E-state index is 9.25. The minimum Gasteiger partial charge on any atom is -0.391 e. The number of ether oxygens (including phenoxy) is 1. The first kappa shape index (κ1) is 10.8. The highest BCUT2D eigenvalue weighted by atomic mass is 16.7. The molecule has 1 rings (SSSR count). The molecule has 0 radical (unpaired) electrons. The summed E-state index contributed by atoms with van der Waals surface area (Å²) in [7, 11) is 0. The first-order valence-corrected chi connectivity index (χ1v) is 3.65. The Labute approximate surface area is 73.4 Å². The van der Waals surface area contributed by atoms with Gasteiger partial charge in [0, 0.05) is 0 Å². The summed E-state index contributed by atoms with van der Waals surface area (Å²) in [6.07, 6.45) is -7.23. The second-order valence-corrected chi connectivity index (χ2v) is 2.94. The van der Waals surface area contributed by atoms with Crippen molar-refractivity contribution in [3.05, 3.63) is 0 Å². The fourth-order valence-corrected chi connectivity index (χ4v) is 1.10. The zero-order chi connectivity index (χ0) is 10.2. The number of aliphatic hydroxyl groups is 6. The highest BCUT2D eigenvalue weighted by Crippen LogP contribution is 2.26. The molecule has 1 fully saturated rings. The van der Waals surface area contributed by atoms with Crippen LogP contribution in [0.3, 0.4) is 0 Å². The Morgan fingerprint density at radius 1 is 1.08 bits per heavy atom. The lowest BCUT2D eigenvalue weighted by Gasteiger charge is -2.42. The molecule has 0 aromatic heterocycles. The van der Waals surface area contributed by atoms with Crippen LogP contribution in [0.25, 0.3) is 0 Å². The van der Waals surface area contributed by atoms with Crippen molar-refractivity contribution in [2.45, 2.75) is 30.4 Å². The van der Waals surface area contributed by atoms with Gasteiger partial charge >= 0.3 is 0 Å². The van der Waals surface area contributed by atoms with Crippen LogP contribution in [0.2, 0.25) is 0 Å². The van der Waals surface area contributed by atoms with E-state index in [-0.39, 0.29) is 0 Å². The summed E-state index contributed by atoms with van der Waals surface area (Å²) < 4.78 is 4.32. The predicted molar refractivity (Wildman–Crippen MR) is 37.1 cm³/mol. The Morgan fingerprint density at radius 3 is 2.08 bits per heavy atom. The van der Waals surface area contributed by atoms with Gasteiger partial charge < -0.3 is 35.4 Å². The van der Waals surface area contributed by atoms with E-state index < -0.39 is 37.0 Å². The Morgan fingerprint density at radius 2 is 1.62 bits per heavy atom. The molecular formula is C6H12O7. The van der Waals surface area contributed by atoms with Crippen molar-refractivity contribution in [2.75, 3.05) is 6.61 Å². The third-order valence-corrected chi connectivity index (χ3v) is 1.98. The van der Waals surface area contributed by atoms with Crippen molar-refractivity contribution in [2.24, 2.45) is 0 Å². The monoisotopic (exact) mass is 196 g/mol. The van der Waals surface area contributed by atoms with Crippen LogP contribution in [-0.2, 0) is 4.74 Å². The molecule has 0 amide bonds. The van der Waals surface area contributed by atoms with E-state index in [0.29, 0.717) is 0 Å². The van der Waals surface area contributed by atoms with E-state index in [1.165, 1.54) is 0 Å². The van der Waals surface area contributed by atoms with E-state index in [4.69, 9.17) is 25.5 Å². The molecule has 7 heteroatoms. The molecule has 5 atom stereocenters. The van der Waals surface area contributed by atoms with Crippen molar-refractivity contribution in [1.82, 2.24) is 0 Å². The second kappa shape index (κ2) is 3.46. The largest absolute Gasteiger partial charge is 0.391 e. The predicted octanol–water partition coefficient (Wildman–Crippen LogP) is -3.90. The van der Waals surface area contributed by atoms with E-state index in [2.05, 4.69) is 4.74 Å². The van der Waals surface area contributed by atoms with Crippen molar-refractivity contribution < 1.29 is 35.4 Å². The van der Waals surface area contributed by atoms with Gasteiger partial charge in [0.05, 0.1) is 6.61 Å². The average Bonchev–Trinajstić information content (AvgIpc) is 2.12. The van der Waals surface area contributed by atoms with Gasteiger partial charge in [-0.3, -0.25) is 0 Å². The zero-order valence-corrected chi connectivity index (χ0v) is 6.61. The molecule has 1 heterocycles. The van der Waals surface area contributed by atoms with Gasteiger partial charge in [-0.15, -0.1) is 0 Å². The van der Waals surface area contributed by atoms with Gasteiger partial charge in [-0.2, -0.15) is 0 Å². The molecule has 1 aliphatic rings. The van der Waals surface area contributed by atoms with Crippen LogP contribution in [-0.4, -0.2) is 67.6 Å². The number of rotatable bonds is 1. The van der Waals surface area contributed by atoms with Crippen molar-refractivity contribution in [1.29, 1.82) is 0 Å². The molecule has 0 aromatic rings. The van der Waals surface area contributed by atoms with Crippen LogP contribution in [0.4, 0.5) is 0 Å². The lowest BCUT2D eigenvalue weighted by Crippen LogP contribution is -2.65. The molecule has 0 aromatic carbocycles. The average molecular weight is 196 g/mol. The normalized spacial score (nSPS) is 52.2. The fraction of sp³-hybridized carbons (Fsp3) is 1.00. The molecule has 1 saturated heterocycles. The second-order valence-electron chi connectivity index (χ2n) is 2.94. The van der Waals surface area contributed by atoms with Gasteiger partial charge in [-0.25, -0.2) is 0 Å². The van der Waals surface area contributed by atoms with Gasteiger partial charge in [0.15, 0.2) is 6.29 Å². The van der Waals surface area contributed by atoms with E-state index in [1.54, 1.807) is 0 Å². The first-order valence-electron chi connectivity index (χ1n) is 3.65. The first-order chi connectivity index (χ1) is 5.92. The van der Waals surface area contributed by atoms with Crippen LogP contribution >= 0.6 is 0 Å². The molecular weight excluding hydrogens is 184 g/mol. The maximum Gasteiger partial charge on any atom is 0.221 e. The Balaban J connectivity index is 2.82. The number of hydrogen-bond acceptors (Lipinski definition) is 7. The van der Waals surface area contributed by atoms with Crippen LogP contribution in [0.5, 0.6) is 0 Å². The van der Waals surface area contributed by atoms with Gasteiger partial charge in [0.1, 0.15) is 18.3 Å². The molecule has 0 bridgehead atoms. The molecule has 7 nitrogen and oxygen atoms in total. The molecule has 78 valence electrons. The fourth-order valence-electron chi connectivity index (χ4n) is 1.10. The SMILES string of the molecule is OC[C@]1(O)O[C@@H](O)[C@H](O)[C@@H](O)[C@@H]1O. The molecule has 13 heavy (non-hydrogen) atoms. The topological polar surface area (TPSA) is 131 Å². The maximum absolute atomic E-state index is 9.25. The summed E-state index contributed by atoms with van der Waals surface area (Å²) in [4.78, 5) is 0. The van der Waals surface area contributed by atoms with Crippen LogP contribution in [0, 0.1) is 0 Å². The van der Waals surface area contributed by atoms with Crippen LogP contribution in [0.1, 0.15) is 0 Å². The molecule has 0 unspecified atom stereocenters. The highest BCUT2D eigenvalue weighted by Gasteiger charge is 2.52. The third kappa shape index (κ3) is 1.67. The molecule has 0 spiro atoms.